The van der Waals surface area contributed by atoms with Crippen LogP contribution < -0.4 is 0 Å². The average Bonchev–Trinajstić information content (AvgIpc) is 2.15. The minimum Gasteiger partial charge on any atom is -0.481 e. The van der Waals surface area contributed by atoms with Gasteiger partial charge >= 0.3 is 5.97 Å². The smallest absolute Gasteiger partial charge is 0.306 e. The topological polar surface area (TPSA) is 43.8 Å². The number of piperazine rings is 1. The van der Waals surface area contributed by atoms with Gasteiger partial charge in [0, 0.05) is 38.3 Å². The SMILES string of the molecule is CC(C)N1CCN(C2CC(C(=O)O)C2)CC1. The van der Waals surface area contributed by atoms with Crippen molar-refractivity contribution in [1.82, 2.24) is 9.80 Å². The molecule has 0 atom stereocenters. The summed E-state index contributed by atoms with van der Waals surface area (Å²) in [6.45, 7) is 8.95. The fourth-order valence-electron chi connectivity index (χ4n) is 2.71. The van der Waals surface area contributed by atoms with Crippen molar-refractivity contribution in [3.8, 4) is 0 Å². The van der Waals surface area contributed by atoms with Gasteiger partial charge in [-0.15, -0.1) is 0 Å². The van der Waals surface area contributed by atoms with Crippen LogP contribution in [0.1, 0.15) is 26.7 Å². The molecule has 16 heavy (non-hydrogen) atoms. The summed E-state index contributed by atoms with van der Waals surface area (Å²) in [5, 5.41) is 8.84. The number of carbonyl (C=O) groups is 1. The molecule has 4 heteroatoms. The number of carboxylic acid groups (broad SMARTS) is 1. The molecule has 1 aliphatic carbocycles. The maximum atomic E-state index is 10.7. The van der Waals surface area contributed by atoms with Crippen molar-refractivity contribution >= 4 is 5.97 Å². The third kappa shape index (κ3) is 2.38. The largest absolute Gasteiger partial charge is 0.481 e. The molecule has 2 rings (SSSR count). The molecule has 92 valence electrons. The summed E-state index contributed by atoms with van der Waals surface area (Å²) < 4.78 is 0. The Morgan fingerprint density at radius 1 is 1.19 bits per heavy atom. The fraction of sp³-hybridized carbons (Fsp3) is 0.917. The van der Waals surface area contributed by atoms with Crippen LogP contribution in [0.3, 0.4) is 0 Å². The van der Waals surface area contributed by atoms with Gasteiger partial charge in [0.1, 0.15) is 0 Å². The molecular weight excluding hydrogens is 204 g/mol. The molecule has 0 aromatic rings. The number of hydrogen-bond donors (Lipinski definition) is 1. The van der Waals surface area contributed by atoms with Crippen molar-refractivity contribution in [3.05, 3.63) is 0 Å². The molecule has 0 spiro atoms. The average molecular weight is 226 g/mol. The number of aliphatic carboxylic acids is 1. The Kier molecular flexibility index (Phi) is 3.50. The lowest BCUT2D eigenvalue weighted by Crippen LogP contribution is -2.56. The van der Waals surface area contributed by atoms with E-state index in [1.807, 2.05) is 0 Å². The van der Waals surface area contributed by atoms with Gasteiger partial charge in [0.25, 0.3) is 0 Å². The monoisotopic (exact) mass is 226 g/mol. The van der Waals surface area contributed by atoms with Crippen LogP contribution in [0.25, 0.3) is 0 Å². The van der Waals surface area contributed by atoms with Crippen LogP contribution in [0, 0.1) is 5.92 Å². The van der Waals surface area contributed by atoms with Crippen LogP contribution in [-0.2, 0) is 4.79 Å². The Bertz CT molecular complexity index is 254. The normalized spacial score (nSPS) is 32.7. The van der Waals surface area contributed by atoms with E-state index >= 15 is 0 Å². The van der Waals surface area contributed by atoms with Crippen molar-refractivity contribution in [2.45, 2.75) is 38.8 Å². The lowest BCUT2D eigenvalue weighted by molar-refractivity contribution is -0.147. The van der Waals surface area contributed by atoms with E-state index in [-0.39, 0.29) is 5.92 Å². The summed E-state index contributed by atoms with van der Waals surface area (Å²) >= 11 is 0. The highest BCUT2D eigenvalue weighted by atomic mass is 16.4. The third-order valence-electron chi connectivity index (χ3n) is 4.06. The molecule has 1 aliphatic heterocycles. The number of rotatable bonds is 3. The minimum atomic E-state index is -0.614. The Morgan fingerprint density at radius 3 is 2.19 bits per heavy atom. The zero-order chi connectivity index (χ0) is 11.7. The van der Waals surface area contributed by atoms with Gasteiger partial charge in [-0.25, -0.2) is 0 Å². The van der Waals surface area contributed by atoms with Gasteiger partial charge in [-0.1, -0.05) is 0 Å². The summed E-state index contributed by atoms with van der Waals surface area (Å²) in [5.74, 6) is -0.690. The molecular formula is C12H22N2O2. The van der Waals surface area contributed by atoms with Gasteiger partial charge < -0.3 is 5.11 Å². The second kappa shape index (κ2) is 4.72. The predicted molar refractivity (Wildman–Crippen MR) is 62.4 cm³/mol. The molecule has 1 N–H and O–H groups in total. The molecule has 1 saturated carbocycles. The Balaban J connectivity index is 1.73. The Hall–Kier alpha value is -0.610. The minimum absolute atomic E-state index is 0.0758. The predicted octanol–water partition coefficient (Wildman–Crippen LogP) is 0.876. The summed E-state index contributed by atoms with van der Waals surface area (Å²) in [7, 11) is 0. The fourth-order valence-corrected chi connectivity index (χ4v) is 2.71. The molecule has 2 fully saturated rings. The Labute approximate surface area is 97.2 Å². The van der Waals surface area contributed by atoms with Gasteiger partial charge in [0.15, 0.2) is 0 Å². The van der Waals surface area contributed by atoms with Crippen molar-refractivity contribution in [2.24, 2.45) is 5.92 Å². The van der Waals surface area contributed by atoms with E-state index in [1.165, 1.54) is 0 Å². The first kappa shape index (κ1) is 11.9. The van der Waals surface area contributed by atoms with Crippen molar-refractivity contribution < 1.29 is 9.90 Å². The van der Waals surface area contributed by atoms with Crippen LogP contribution in [0.2, 0.25) is 0 Å². The van der Waals surface area contributed by atoms with Crippen molar-refractivity contribution in [3.63, 3.8) is 0 Å². The molecule has 2 aliphatic rings. The van der Waals surface area contributed by atoms with Gasteiger partial charge in [0.05, 0.1) is 5.92 Å². The summed E-state index contributed by atoms with van der Waals surface area (Å²) in [6.07, 6.45) is 1.72. The summed E-state index contributed by atoms with van der Waals surface area (Å²) in [5.41, 5.74) is 0. The molecule has 4 nitrogen and oxygen atoms in total. The summed E-state index contributed by atoms with van der Waals surface area (Å²) in [4.78, 5) is 15.7. The molecule has 0 radical (unpaired) electrons. The first-order chi connectivity index (χ1) is 7.58. The molecule has 0 unspecified atom stereocenters. The maximum absolute atomic E-state index is 10.7. The molecule has 0 bridgehead atoms. The molecule has 1 heterocycles. The van der Waals surface area contributed by atoms with Gasteiger partial charge in [-0.3, -0.25) is 14.6 Å². The van der Waals surface area contributed by atoms with Crippen LogP contribution in [-0.4, -0.2) is 59.1 Å². The van der Waals surface area contributed by atoms with E-state index in [1.54, 1.807) is 0 Å². The van der Waals surface area contributed by atoms with Gasteiger partial charge in [-0.2, -0.15) is 0 Å². The van der Waals surface area contributed by atoms with Crippen LogP contribution >= 0.6 is 0 Å². The molecule has 0 amide bonds. The first-order valence-corrected chi connectivity index (χ1v) is 6.29. The molecule has 1 saturated heterocycles. The van der Waals surface area contributed by atoms with Gasteiger partial charge in [-0.05, 0) is 26.7 Å². The van der Waals surface area contributed by atoms with E-state index < -0.39 is 5.97 Å². The lowest BCUT2D eigenvalue weighted by atomic mass is 9.79. The number of carboxylic acids is 1. The maximum Gasteiger partial charge on any atom is 0.306 e. The highest BCUT2D eigenvalue weighted by Crippen LogP contribution is 2.32. The van der Waals surface area contributed by atoms with Gasteiger partial charge in [0.2, 0.25) is 0 Å². The number of nitrogens with zero attached hydrogens (tertiary/aromatic N) is 2. The van der Waals surface area contributed by atoms with Crippen LogP contribution in [0.4, 0.5) is 0 Å². The van der Waals surface area contributed by atoms with E-state index in [4.69, 9.17) is 5.11 Å². The highest BCUT2D eigenvalue weighted by molar-refractivity contribution is 5.71. The second-order valence-corrected chi connectivity index (χ2v) is 5.33. The van der Waals surface area contributed by atoms with Crippen molar-refractivity contribution in [1.29, 1.82) is 0 Å². The lowest BCUT2D eigenvalue weighted by Gasteiger charge is -2.46. The number of hydrogen-bond acceptors (Lipinski definition) is 3. The van der Waals surface area contributed by atoms with Crippen LogP contribution in [0.5, 0.6) is 0 Å². The molecule has 0 aromatic carbocycles. The van der Waals surface area contributed by atoms with E-state index in [2.05, 4.69) is 23.6 Å². The zero-order valence-electron chi connectivity index (χ0n) is 10.2. The van der Waals surface area contributed by atoms with E-state index in [0.717, 1.165) is 39.0 Å². The first-order valence-electron chi connectivity index (χ1n) is 6.29. The standard InChI is InChI=1S/C12H22N2O2/c1-9(2)13-3-5-14(6-4-13)11-7-10(8-11)12(15)16/h9-11H,3-8H2,1-2H3,(H,15,16). The zero-order valence-corrected chi connectivity index (χ0v) is 10.2. The molecule has 0 aromatic heterocycles. The highest BCUT2D eigenvalue weighted by Gasteiger charge is 2.38. The van der Waals surface area contributed by atoms with E-state index in [0.29, 0.717) is 12.1 Å². The quantitative estimate of drug-likeness (QED) is 0.775. The Morgan fingerprint density at radius 2 is 1.75 bits per heavy atom. The second-order valence-electron chi connectivity index (χ2n) is 5.33. The third-order valence-corrected chi connectivity index (χ3v) is 4.06. The van der Waals surface area contributed by atoms with E-state index in [9.17, 15) is 4.79 Å². The van der Waals surface area contributed by atoms with Crippen molar-refractivity contribution in [2.75, 3.05) is 26.2 Å². The van der Waals surface area contributed by atoms with Crippen LogP contribution in [0.15, 0.2) is 0 Å². The summed E-state index contributed by atoms with van der Waals surface area (Å²) in [6, 6.07) is 1.17.